The molecule has 0 N–H and O–H groups in total. The third kappa shape index (κ3) is 3.25. The zero-order valence-electron chi connectivity index (χ0n) is 15.5. The van der Waals surface area contributed by atoms with E-state index in [1.54, 1.807) is 4.31 Å². The van der Waals surface area contributed by atoms with E-state index < -0.39 is 10.0 Å². The maximum absolute atomic E-state index is 13.4. The van der Waals surface area contributed by atoms with Gasteiger partial charge in [-0.2, -0.15) is 4.31 Å². The Hall–Kier alpha value is -1.66. The van der Waals surface area contributed by atoms with E-state index in [0.717, 1.165) is 35.3 Å². The second kappa shape index (κ2) is 6.57. The molecule has 25 heavy (non-hydrogen) atoms. The van der Waals surface area contributed by atoms with E-state index in [0.29, 0.717) is 17.1 Å². The van der Waals surface area contributed by atoms with Crippen LogP contribution in [0.25, 0.3) is 0 Å². The fraction of sp³-hybridized carbons (Fsp3) is 0.526. The standard InChI is InChI=1S/C19H26N2O3S/c1-12(2)18-11-16(20-24-18)17-7-6-8-21(17)25(22,23)19-14(4)9-13(3)10-15(19)5/h9-12,17H,6-8H2,1-5H3/t17-/m1/s1. The Balaban J connectivity index is 2.01. The highest BCUT2D eigenvalue weighted by Gasteiger charge is 2.39. The molecule has 0 aliphatic carbocycles. The number of hydrogen-bond acceptors (Lipinski definition) is 4. The lowest BCUT2D eigenvalue weighted by atomic mass is 10.1. The van der Waals surface area contributed by atoms with Crippen LogP contribution < -0.4 is 0 Å². The third-order valence-electron chi connectivity index (χ3n) is 4.83. The minimum Gasteiger partial charge on any atom is -0.361 e. The molecule has 0 spiro atoms. The molecular weight excluding hydrogens is 336 g/mol. The van der Waals surface area contributed by atoms with Gasteiger partial charge in [-0.3, -0.25) is 0 Å². The molecule has 0 bridgehead atoms. The molecule has 136 valence electrons. The average Bonchev–Trinajstić information content (AvgIpc) is 3.15. The van der Waals surface area contributed by atoms with Crippen LogP contribution in [0.5, 0.6) is 0 Å². The Morgan fingerprint density at radius 1 is 1.16 bits per heavy atom. The molecule has 5 nitrogen and oxygen atoms in total. The van der Waals surface area contributed by atoms with Gasteiger partial charge in [0.05, 0.1) is 10.9 Å². The van der Waals surface area contributed by atoms with Crippen LogP contribution in [0.1, 0.15) is 66.8 Å². The van der Waals surface area contributed by atoms with Gasteiger partial charge in [0.25, 0.3) is 0 Å². The van der Waals surface area contributed by atoms with Crippen LogP contribution in [0.15, 0.2) is 27.6 Å². The van der Waals surface area contributed by atoms with Gasteiger partial charge in [-0.15, -0.1) is 0 Å². The largest absolute Gasteiger partial charge is 0.361 e. The van der Waals surface area contributed by atoms with Gasteiger partial charge in [0.15, 0.2) is 0 Å². The van der Waals surface area contributed by atoms with E-state index >= 15 is 0 Å². The highest BCUT2D eigenvalue weighted by atomic mass is 32.2. The summed E-state index contributed by atoms with van der Waals surface area (Å²) < 4.78 is 33.8. The van der Waals surface area contributed by atoms with E-state index in [4.69, 9.17) is 4.52 Å². The number of nitrogens with zero attached hydrogens (tertiary/aromatic N) is 2. The number of sulfonamides is 1. The second-order valence-corrected chi connectivity index (χ2v) is 9.14. The van der Waals surface area contributed by atoms with Crippen molar-refractivity contribution in [2.75, 3.05) is 6.54 Å². The molecule has 0 radical (unpaired) electrons. The smallest absolute Gasteiger partial charge is 0.244 e. The van der Waals surface area contributed by atoms with Crippen molar-refractivity contribution in [1.29, 1.82) is 0 Å². The molecule has 1 saturated heterocycles. The van der Waals surface area contributed by atoms with Crippen molar-refractivity contribution >= 4 is 10.0 Å². The van der Waals surface area contributed by atoms with Crippen LogP contribution >= 0.6 is 0 Å². The maximum atomic E-state index is 13.4. The van der Waals surface area contributed by atoms with E-state index in [1.807, 2.05) is 52.8 Å². The van der Waals surface area contributed by atoms with Crippen LogP contribution in [0.3, 0.4) is 0 Å². The first-order valence-electron chi connectivity index (χ1n) is 8.78. The Bertz CT molecular complexity index is 861. The first-order valence-corrected chi connectivity index (χ1v) is 10.2. The van der Waals surface area contributed by atoms with Crippen molar-refractivity contribution in [2.45, 2.75) is 64.3 Å². The van der Waals surface area contributed by atoms with Gasteiger partial charge in [-0.05, 0) is 44.7 Å². The van der Waals surface area contributed by atoms with Crippen LogP contribution in [-0.2, 0) is 10.0 Å². The summed E-state index contributed by atoms with van der Waals surface area (Å²) in [4.78, 5) is 0.428. The molecule has 0 saturated carbocycles. The number of aryl methyl sites for hydroxylation is 3. The Morgan fingerprint density at radius 2 is 1.80 bits per heavy atom. The normalized spacial score (nSPS) is 19.0. The van der Waals surface area contributed by atoms with Crippen LogP contribution in [-0.4, -0.2) is 24.4 Å². The number of rotatable bonds is 4. The van der Waals surface area contributed by atoms with E-state index in [9.17, 15) is 8.42 Å². The van der Waals surface area contributed by atoms with Gasteiger partial charge in [-0.1, -0.05) is 36.7 Å². The van der Waals surface area contributed by atoms with E-state index in [2.05, 4.69) is 5.16 Å². The van der Waals surface area contributed by atoms with Gasteiger partial charge in [-0.25, -0.2) is 8.42 Å². The van der Waals surface area contributed by atoms with E-state index in [1.165, 1.54) is 0 Å². The lowest BCUT2D eigenvalue weighted by Crippen LogP contribution is -2.32. The monoisotopic (exact) mass is 362 g/mol. The van der Waals surface area contributed by atoms with Crippen LogP contribution in [0.2, 0.25) is 0 Å². The van der Waals surface area contributed by atoms with Gasteiger partial charge in [0.2, 0.25) is 10.0 Å². The quantitative estimate of drug-likeness (QED) is 0.816. The highest BCUT2D eigenvalue weighted by Crippen LogP contribution is 2.38. The summed E-state index contributed by atoms with van der Waals surface area (Å²) in [6, 6.07) is 5.51. The molecule has 1 atom stereocenters. The molecule has 1 aliphatic rings. The van der Waals surface area contributed by atoms with Crippen molar-refractivity contribution in [1.82, 2.24) is 9.46 Å². The lowest BCUT2D eigenvalue weighted by Gasteiger charge is -2.24. The minimum absolute atomic E-state index is 0.231. The molecule has 1 aromatic heterocycles. The Morgan fingerprint density at radius 3 is 2.36 bits per heavy atom. The molecule has 1 fully saturated rings. The summed E-state index contributed by atoms with van der Waals surface area (Å²) in [5.41, 5.74) is 3.38. The van der Waals surface area contributed by atoms with Crippen molar-refractivity contribution in [3.05, 3.63) is 46.3 Å². The van der Waals surface area contributed by atoms with Gasteiger partial charge in [0, 0.05) is 18.5 Å². The molecule has 2 aromatic rings. The van der Waals surface area contributed by atoms with Crippen molar-refractivity contribution in [3.8, 4) is 0 Å². The zero-order valence-corrected chi connectivity index (χ0v) is 16.4. The lowest BCUT2D eigenvalue weighted by molar-refractivity contribution is 0.338. The summed E-state index contributed by atoms with van der Waals surface area (Å²) in [5.74, 6) is 1.02. The van der Waals surface area contributed by atoms with Crippen molar-refractivity contribution < 1.29 is 12.9 Å². The van der Waals surface area contributed by atoms with Gasteiger partial charge < -0.3 is 4.52 Å². The summed E-state index contributed by atoms with van der Waals surface area (Å²) in [6.07, 6.45) is 1.60. The minimum atomic E-state index is -3.57. The van der Waals surface area contributed by atoms with Crippen LogP contribution in [0.4, 0.5) is 0 Å². The zero-order chi connectivity index (χ0) is 18.4. The Labute approximate surface area is 150 Å². The first kappa shape index (κ1) is 18.1. The highest BCUT2D eigenvalue weighted by molar-refractivity contribution is 7.89. The van der Waals surface area contributed by atoms with E-state index in [-0.39, 0.29) is 12.0 Å². The molecule has 2 heterocycles. The molecule has 3 rings (SSSR count). The number of benzene rings is 1. The summed E-state index contributed by atoms with van der Waals surface area (Å²) >= 11 is 0. The van der Waals surface area contributed by atoms with Crippen molar-refractivity contribution in [2.24, 2.45) is 0 Å². The number of aromatic nitrogens is 1. The predicted octanol–water partition coefficient (Wildman–Crippen LogP) is 4.25. The van der Waals surface area contributed by atoms with Crippen LogP contribution in [0, 0.1) is 20.8 Å². The maximum Gasteiger partial charge on any atom is 0.244 e. The fourth-order valence-corrected chi connectivity index (χ4v) is 5.83. The summed E-state index contributed by atoms with van der Waals surface area (Å²) in [6.45, 7) is 10.3. The van der Waals surface area contributed by atoms with Gasteiger partial charge in [0.1, 0.15) is 11.5 Å². The number of hydrogen-bond donors (Lipinski definition) is 0. The molecular formula is C19H26N2O3S. The molecule has 0 amide bonds. The summed E-state index contributed by atoms with van der Waals surface area (Å²) in [7, 11) is -3.57. The SMILES string of the molecule is Cc1cc(C)c(S(=O)(=O)N2CCC[C@@H]2c2cc(C(C)C)on2)c(C)c1. The average molecular weight is 362 g/mol. The summed E-state index contributed by atoms with van der Waals surface area (Å²) in [5, 5.41) is 4.15. The second-order valence-electron chi connectivity index (χ2n) is 7.31. The molecule has 1 aromatic carbocycles. The van der Waals surface area contributed by atoms with Gasteiger partial charge >= 0.3 is 0 Å². The predicted molar refractivity (Wildman–Crippen MR) is 97.1 cm³/mol. The fourth-order valence-electron chi connectivity index (χ4n) is 3.75. The topological polar surface area (TPSA) is 63.4 Å². The Kier molecular flexibility index (Phi) is 4.77. The third-order valence-corrected chi connectivity index (χ3v) is 7.05. The van der Waals surface area contributed by atoms with Crippen molar-refractivity contribution in [3.63, 3.8) is 0 Å². The first-order chi connectivity index (χ1) is 11.7. The molecule has 6 heteroatoms. The molecule has 1 aliphatic heterocycles. The molecule has 0 unspecified atom stereocenters.